The van der Waals surface area contributed by atoms with Crippen LogP contribution in [0.5, 0.6) is 0 Å². The number of carbonyl (C=O) groups is 1. The molecule has 0 aliphatic heterocycles. The van der Waals surface area contributed by atoms with Crippen LogP contribution in [-0.4, -0.2) is 32.7 Å². The zero-order valence-electron chi connectivity index (χ0n) is 9.75. The van der Waals surface area contributed by atoms with Crippen molar-refractivity contribution in [1.82, 2.24) is 15.1 Å². The Morgan fingerprint density at radius 3 is 2.89 bits per heavy atom. The highest BCUT2D eigenvalue weighted by atomic mass is 16.5. The minimum Gasteiger partial charge on any atom is -0.478 e. The molecule has 2 aromatic rings. The van der Waals surface area contributed by atoms with E-state index in [1.54, 1.807) is 13.0 Å². The monoisotopic (exact) mass is 248 g/mol. The summed E-state index contributed by atoms with van der Waals surface area (Å²) in [6.45, 7) is 2.34. The molecule has 0 bridgehead atoms. The van der Waals surface area contributed by atoms with Crippen molar-refractivity contribution in [3.05, 3.63) is 35.6 Å². The van der Waals surface area contributed by atoms with E-state index in [1.807, 2.05) is 0 Å². The van der Waals surface area contributed by atoms with Crippen LogP contribution in [0.3, 0.4) is 0 Å². The summed E-state index contributed by atoms with van der Waals surface area (Å²) >= 11 is 0. The number of carboxylic acid groups (broad SMARTS) is 1. The van der Waals surface area contributed by atoms with Crippen LogP contribution in [0.15, 0.2) is 22.9 Å². The predicted octanol–water partition coefficient (Wildman–Crippen LogP) is 1.13. The molecule has 2 N–H and O–H groups in total. The minimum absolute atomic E-state index is 0.160. The zero-order chi connectivity index (χ0) is 13.0. The molecular weight excluding hydrogens is 236 g/mol. The topological polar surface area (TPSA) is 101 Å². The molecule has 0 aliphatic rings. The van der Waals surface area contributed by atoms with Gasteiger partial charge in [-0.25, -0.2) is 9.78 Å². The number of hydrogen-bond donors (Lipinski definition) is 2. The van der Waals surface area contributed by atoms with Gasteiger partial charge < -0.3 is 14.9 Å². The van der Waals surface area contributed by atoms with Crippen LogP contribution in [-0.2, 0) is 6.42 Å². The first-order valence-electron chi connectivity index (χ1n) is 5.37. The van der Waals surface area contributed by atoms with Gasteiger partial charge in [0.25, 0.3) is 0 Å². The van der Waals surface area contributed by atoms with E-state index in [0.29, 0.717) is 30.5 Å². The number of aryl methyl sites for hydroxylation is 1. The molecule has 0 aliphatic carbocycles. The quantitative estimate of drug-likeness (QED) is 0.817. The predicted molar refractivity (Wildman–Crippen MR) is 62.4 cm³/mol. The molecule has 2 aromatic heterocycles. The highest BCUT2D eigenvalue weighted by Gasteiger charge is 2.04. The second-order valence-electron chi connectivity index (χ2n) is 3.65. The number of nitrogens with one attached hydrogen (secondary N) is 1. The molecule has 2 heterocycles. The summed E-state index contributed by atoms with van der Waals surface area (Å²) in [5.41, 5.74) is 0.160. The molecule has 0 aromatic carbocycles. The van der Waals surface area contributed by atoms with E-state index in [9.17, 15) is 4.79 Å². The maximum absolute atomic E-state index is 10.6. The molecule has 94 valence electrons. The van der Waals surface area contributed by atoms with E-state index in [1.165, 1.54) is 12.3 Å². The Kier molecular flexibility index (Phi) is 3.52. The first kappa shape index (κ1) is 12.0. The highest BCUT2D eigenvalue weighted by Crippen LogP contribution is 2.05. The van der Waals surface area contributed by atoms with E-state index in [2.05, 4.69) is 20.4 Å². The molecule has 0 amide bonds. The molecule has 0 saturated carbocycles. The summed E-state index contributed by atoms with van der Waals surface area (Å²) in [6, 6.07) is 3.11. The van der Waals surface area contributed by atoms with Gasteiger partial charge in [0.1, 0.15) is 5.82 Å². The third kappa shape index (κ3) is 3.03. The smallest absolute Gasteiger partial charge is 0.337 e. The molecule has 0 atom stereocenters. The van der Waals surface area contributed by atoms with Crippen molar-refractivity contribution < 1.29 is 14.4 Å². The fraction of sp³-hybridized carbons (Fsp3) is 0.273. The van der Waals surface area contributed by atoms with E-state index in [4.69, 9.17) is 9.63 Å². The van der Waals surface area contributed by atoms with Crippen molar-refractivity contribution in [1.29, 1.82) is 0 Å². The normalized spacial score (nSPS) is 10.3. The maximum Gasteiger partial charge on any atom is 0.337 e. The SMILES string of the molecule is Cc1noc(CCNc2ccc(C(=O)O)cn2)n1. The second-order valence-corrected chi connectivity index (χ2v) is 3.65. The lowest BCUT2D eigenvalue weighted by atomic mass is 10.3. The third-order valence-electron chi connectivity index (χ3n) is 2.23. The molecule has 2 rings (SSSR count). The highest BCUT2D eigenvalue weighted by molar-refractivity contribution is 5.87. The van der Waals surface area contributed by atoms with Crippen molar-refractivity contribution in [2.75, 3.05) is 11.9 Å². The van der Waals surface area contributed by atoms with E-state index in [-0.39, 0.29) is 5.56 Å². The van der Waals surface area contributed by atoms with Crippen LogP contribution in [0.2, 0.25) is 0 Å². The Morgan fingerprint density at radius 1 is 1.50 bits per heavy atom. The van der Waals surface area contributed by atoms with Crippen molar-refractivity contribution >= 4 is 11.8 Å². The Balaban J connectivity index is 1.85. The van der Waals surface area contributed by atoms with Crippen LogP contribution in [0.4, 0.5) is 5.82 Å². The van der Waals surface area contributed by atoms with Gasteiger partial charge in [-0.1, -0.05) is 5.16 Å². The summed E-state index contributed by atoms with van der Waals surface area (Å²) in [6.07, 6.45) is 1.89. The molecule has 7 nitrogen and oxygen atoms in total. The molecular formula is C11H12N4O3. The summed E-state index contributed by atoms with van der Waals surface area (Å²) in [5.74, 6) is 0.780. The Morgan fingerprint density at radius 2 is 2.33 bits per heavy atom. The number of aromatic carboxylic acids is 1. The van der Waals surface area contributed by atoms with Gasteiger partial charge in [-0.15, -0.1) is 0 Å². The van der Waals surface area contributed by atoms with E-state index >= 15 is 0 Å². The first-order valence-corrected chi connectivity index (χ1v) is 5.37. The number of rotatable bonds is 5. The van der Waals surface area contributed by atoms with E-state index in [0.717, 1.165) is 0 Å². The van der Waals surface area contributed by atoms with Gasteiger partial charge >= 0.3 is 5.97 Å². The number of anilines is 1. The van der Waals surface area contributed by atoms with Gasteiger partial charge in [-0.3, -0.25) is 0 Å². The van der Waals surface area contributed by atoms with Crippen molar-refractivity contribution in [2.45, 2.75) is 13.3 Å². The average molecular weight is 248 g/mol. The van der Waals surface area contributed by atoms with Crippen LogP contribution in [0, 0.1) is 6.92 Å². The van der Waals surface area contributed by atoms with Gasteiger partial charge in [0, 0.05) is 19.2 Å². The molecule has 0 saturated heterocycles. The number of pyridine rings is 1. The Bertz CT molecular complexity index is 535. The fourth-order valence-corrected chi connectivity index (χ4v) is 1.36. The lowest BCUT2D eigenvalue weighted by Gasteiger charge is -2.03. The molecule has 0 radical (unpaired) electrons. The van der Waals surface area contributed by atoms with Crippen LogP contribution in [0.1, 0.15) is 22.1 Å². The fourth-order valence-electron chi connectivity index (χ4n) is 1.36. The van der Waals surface area contributed by atoms with Crippen LogP contribution < -0.4 is 5.32 Å². The van der Waals surface area contributed by atoms with Crippen molar-refractivity contribution in [3.8, 4) is 0 Å². The maximum atomic E-state index is 10.6. The number of nitrogens with zero attached hydrogens (tertiary/aromatic N) is 3. The Hall–Kier alpha value is -2.44. The van der Waals surface area contributed by atoms with Gasteiger partial charge in [0.05, 0.1) is 5.56 Å². The lowest BCUT2D eigenvalue weighted by molar-refractivity contribution is 0.0696. The molecule has 0 unspecified atom stereocenters. The van der Waals surface area contributed by atoms with Crippen LogP contribution >= 0.6 is 0 Å². The van der Waals surface area contributed by atoms with Gasteiger partial charge in [0.15, 0.2) is 5.82 Å². The number of hydrogen-bond acceptors (Lipinski definition) is 6. The first-order chi connectivity index (χ1) is 8.65. The Labute approximate surface area is 103 Å². The summed E-state index contributed by atoms with van der Waals surface area (Å²) in [4.78, 5) is 18.7. The second kappa shape index (κ2) is 5.26. The van der Waals surface area contributed by atoms with Gasteiger partial charge in [-0.05, 0) is 19.1 Å². The summed E-state index contributed by atoms with van der Waals surface area (Å²) in [7, 11) is 0. The van der Waals surface area contributed by atoms with Gasteiger partial charge in [-0.2, -0.15) is 4.98 Å². The van der Waals surface area contributed by atoms with Crippen LogP contribution in [0.25, 0.3) is 0 Å². The van der Waals surface area contributed by atoms with Gasteiger partial charge in [0.2, 0.25) is 5.89 Å². The number of aromatic nitrogens is 3. The minimum atomic E-state index is -0.990. The average Bonchev–Trinajstić information content (AvgIpc) is 2.76. The van der Waals surface area contributed by atoms with Crippen molar-refractivity contribution in [2.24, 2.45) is 0 Å². The zero-order valence-corrected chi connectivity index (χ0v) is 9.75. The summed E-state index contributed by atoms with van der Waals surface area (Å²) < 4.78 is 4.95. The standard InChI is InChI=1S/C11H12N4O3/c1-7-14-10(18-15-7)4-5-12-9-3-2-8(6-13-9)11(16)17/h2-3,6H,4-5H2,1H3,(H,12,13)(H,16,17). The molecule has 0 fully saturated rings. The molecule has 18 heavy (non-hydrogen) atoms. The number of carboxylic acids is 1. The largest absolute Gasteiger partial charge is 0.478 e. The third-order valence-corrected chi connectivity index (χ3v) is 2.23. The molecule has 0 spiro atoms. The summed E-state index contributed by atoms with van der Waals surface area (Å²) in [5, 5.41) is 15.4. The van der Waals surface area contributed by atoms with Crippen molar-refractivity contribution in [3.63, 3.8) is 0 Å². The van der Waals surface area contributed by atoms with E-state index < -0.39 is 5.97 Å². The lowest BCUT2D eigenvalue weighted by Crippen LogP contribution is -2.07. The molecule has 7 heteroatoms.